The third-order valence-corrected chi connectivity index (χ3v) is 4.31. The summed E-state index contributed by atoms with van der Waals surface area (Å²) in [4.78, 5) is 19.6. The molecule has 1 aliphatic heterocycles. The van der Waals surface area contributed by atoms with Crippen molar-refractivity contribution in [3.05, 3.63) is 40.5 Å². The van der Waals surface area contributed by atoms with Crippen LogP contribution in [0.25, 0.3) is 0 Å². The van der Waals surface area contributed by atoms with Crippen LogP contribution in [0.1, 0.15) is 28.3 Å². The molecular formula is C18H16N8O3. The molecule has 0 bridgehead atoms. The minimum absolute atomic E-state index is 0.0175. The molecule has 2 heterocycles. The maximum Gasteiger partial charge on any atom is 0.307 e. The largest absolute Gasteiger partial charge is 0.496 e. The van der Waals surface area contributed by atoms with Crippen LogP contribution in [-0.2, 0) is 11.2 Å². The number of nitrogens with one attached hydrogen (secondary N) is 2. The standard InChI is InChI=1S/C18H16N8O3/c1-29-11-4-8(5-12(27)28)2-3-9(11)15-13-14(21)10(6-19)16(22)25-17(13)26-18(24-15)23-7-20/h2-4,15H,5H2,1H3,(H,27,28)(H6,21,22,23,24,25,26). The molecule has 1 atom stereocenters. The molecule has 0 spiro atoms. The lowest BCUT2D eigenvalue weighted by Crippen LogP contribution is -2.32. The number of nitriles is 2. The molecule has 2 aromatic rings. The van der Waals surface area contributed by atoms with Crippen LogP contribution in [0.4, 0.5) is 17.3 Å². The predicted octanol–water partition coefficient (Wildman–Crippen LogP) is 0.695. The monoisotopic (exact) mass is 392 g/mol. The van der Waals surface area contributed by atoms with Gasteiger partial charge in [-0.15, -0.1) is 0 Å². The first kappa shape index (κ1) is 19.3. The summed E-state index contributed by atoms with van der Waals surface area (Å²) in [7, 11) is 1.44. The van der Waals surface area contributed by atoms with Crippen molar-refractivity contribution in [1.82, 2.24) is 10.3 Å². The maximum atomic E-state index is 11.0. The highest BCUT2D eigenvalue weighted by atomic mass is 16.5. The number of guanidine groups is 1. The zero-order valence-corrected chi connectivity index (χ0v) is 15.2. The Morgan fingerprint density at radius 2 is 2.17 bits per heavy atom. The number of rotatable bonds is 4. The van der Waals surface area contributed by atoms with Crippen molar-refractivity contribution in [2.75, 3.05) is 23.9 Å². The molecule has 3 rings (SSSR count). The van der Waals surface area contributed by atoms with Crippen molar-refractivity contribution in [2.24, 2.45) is 4.99 Å². The van der Waals surface area contributed by atoms with Crippen LogP contribution in [0, 0.1) is 22.8 Å². The van der Waals surface area contributed by atoms with Crippen molar-refractivity contribution < 1.29 is 14.6 Å². The van der Waals surface area contributed by atoms with E-state index in [0.717, 1.165) is 0 Å². The van der Waals surface area contributed by atoms with Gasteiger partial charge in [-0.25, -0.2) is 9.98 Å². The molecule has 0 radical (unpaired) electrons. The van der Waals surface area contributed by atoms with Crippen LogP contribution >= 0.6 is 0 Å². The number of carboxylic acid groups (broad SMARTS) is 1. The van der Waals surface area contributed by atoms with Gasteiger partial charge in [0, 0.05) is 11.1 Å². The summed E-state index contributed by atoms with van der Waals surface area (Å²) in [5.41, 5.74) is 13.6. The molecular weight excluding hydrogens is 376 g/mol. The Hall–Kier alpha value is -4.51. The van der Waals surface area contributed by atoms with E-state index >= 15 is 0 Å². The molecule has 1 aromatic heterocycles. The Balaban J connectivity index is 2.22. The number of carbonyl (C=O) groups is 1. The van der Waals surface area contributed by atoms with Gasteiger partial charge in [0.2, 0.25) is 5.96 Å². The predicted molar refractivity (Wildman–Crippen MR) is 104 cm³/mol. The van der Waals surface area contributed by atoms with Gasteiger partial charge in [0.15, 0.2) is 6.19 Å². The van der Waals surface area contributed by atoms with E-state index in [0.29, 0.717) is 22.4 Å². The molecule has 11 nitrogen and oxygen atoms in total. The van der Waals surface area contributed by atoms with E-state index in [-0.39, 0.29) is 35.3 Å². The molecule has 0 saturated carbocycles. The van der Waals surface area contributed by atoms with Crippen LogP contribution in [0.15, 0.2) is 23.2 Å². The normalized spacial score (nSPS) is 14.4. The van der Waals surface area contributed by atoms with Gasteiger partial charge >= 0.3 is 5.97 Å². The average molecular weight is 392 g/mol. The molecule has 1 aromatic carbocycles. The first-order chi connectivity index (χ1) is 13.9. The molecule has 146 valence electrons. The quantitative estimate of drug-likeness (QED) is 0.365. The number of ether oxygens (including phenoxy) is 1. The van der Waals surface area contributed by atoms with Crippen LogP contribution in [0.3, 0.4) is 0 Å². The van der Waals surface area contributed by atoms with Gasteiger partial charge in [-0.05, 0) is 11.6 Å². The number of aliphatic imine (C=N–C) groups is 1. The van der Waals surface area contributed by atoms with Crippen molar-refractivity contribution in [2.45, 2.75) is 12.5 Å². The first-order valence-corrected chi connectivity index (χ1v) is 8.27. The van der Waals surface area contributed by atoms with Crippen LogP contribution in [0.2, 0.25) is 0 Å². The Labute approximate surface area is 165 Å². The number of nitrogens with two attached hydrogens (primary N) is 2. The summed E-state index contributed by atoms with van der Waals surface area (Å²) in [5, 5.41) is 32.6. The van der Waals surface area contributed by atoms with Crippen LogP contribution in [0.5, 0.6) is 5.75 Å². The number of fused-ring (bicyclic) bond motifs is 1. The number of methoxy groups -OCH3 is 1. The van der Waals surface area contributed by atoms with Gasteiger partial charge in [0.1, 0.15) is 35.1 Å². The van der Waals surface area contributed by atoms with E-state index in [2.05, 4.69) is 20.6 Å². The molecule has 7 N–H and O–H groups in total. The molecule has 0 saturated heterocycles. The minimum atomic E-state index is -0.979. The molecule has 0 fully saturated rings. The Morgan fingerprint density at radius 3 is 2.79 bits per heavy atom. The topological polar surface area (TPSA) is 195 Å². The second-order valence-electron chi connectivity index (χ2n) is 6.05. The summed E-state index contributed by atoms with van der Waals surface area (Å²) < 4.78 is 5.43. The van der Waals surface area contributed by atoms with Gasteiger partial charge in [-0.3, -0.25) is 10.1 Å². The fraction of sp³-hybridized carbons (Fsp3) is 0.167. The third kappa shape index (κ3) is 3.52. The zero-order chi connectivity index (χ0) is 21.1. The number of aliphatic carboxylic acids is 1. The van der Waals surface area contributed by atoms with Gasteiger partial charge in [0.05, 0.1) is 19.2 Å². The van der Waals surface area contributed by atoms with Crippen LogP contribution in [-0.4, -0.2) is 29.1 Å². The highest BCUT2D eigenvalue weighted by molar-refractivity contribution is 5.98. The zero-order valence-electron chi connectivity index (χ0n) is 15.2. The fourth-order valence-electron chi connectivity index (χ4n) is 3.07. The Kier molecular flexibility index (Phi) is 5.06. The van der Waals surface area contributed by atoms with E-state index in [9.17, 15) is 10.1 Å². The summed E-state index contributed by atoms with van der Waals surface area (Å²) in [6, 6.07) is 6.02. The molecule has 1 aliphatic rings. The van der Waals surface area contributed by atoms with Crippen LogP contribution < -0.4 is 26.8 Å². The van der Waals surface area contributed by atoms with E-state index < -0.39 is 12.0 Å². The lowest BCUT2D eigenvalue weighted by molar-refractivity contribution is -0.136. The average Bonchev–Trinajstić information content (AvgIpc) is 2.67. The molecule has 29 heavy (non-hydrogen) atoms. The SMILES string of the molecule is COc1cc(CC(=O)O)ccc1C1N=C(NC#N)Nc2nc(N)c(C#N)c(N)c21. The van der Waals surface area contributed by atoms with Crippen molar-refractivity contribution in [3.63, 3.8) is 0 Å². The van der Waals surface area contributed by atoms with E-state index in [1.165, 1.54) is 7.11 Å². The summed E-state index contributed by atoms with van der Waals surface area (Å²) in [6.45, 7) is 0. The first-order valence-electron chi connectivity index (χ1n) is 8.27. The van der Waals surface area contributed by atoms with Gasteiger partial charge < -0.3 is 26.6 Å². The number of hydrogen-bond donors (Lipinski definition) is 5. The third-order valence-electron chi connectivity index (χ3n) is 4.31. The van der Waals surface area contributed by atoms with E-state index in [4.69, 9.17) is 26.6 Å². The lowest BCUT2D eigenvalue weighted by Gasteiger charge is -2.27. The number of benzene rings is 1. The smallest absolute Gasteiger partial charge is 0.307 e. The molecule has 1 unspecified atom stereocenters. The minimum Gasteiger partial charge on any atom is -0.496 e. The number of anilines is 3. The summed E-state index contributed by atoms with van der Waals surface area (Å²) in [5.74, 6) is -0.312. The number of carboxylic acids is 1. The maximum absolute atomic E-state index is 11.0. The highest BCUT2D eigenvalue weighted by Crippen LogP contribution is 2.43. The fourth-order valence-corrected chi connectivity index (χ4v) is 3.07. The molecule has 0 aliphatic carbocycles. The lowest BCUT2D eigenvalue weighted by atomic mass is 9.93. The number of aromatic nitrogens is 1. The van der Waals surface area contributed by atoms with E-state index in [1.54, 1.807) is 24.4 Å². The van der Waals surface area contributed by atoms with Gasteiger partial charge in [-0.2, -0.15) is 10.5 Å². The van der Waals surface area contributed by atoms with Crippen molar-refractivity contribution >= 4 is 29.3 Å². The number of pyridine rings is 1. The second kappa shape index (κ2) is 7.62. The summed E-state index contributed by atoms with van der Waals surface area (Å²) in [6.07, 6.45) is 1.59. The molecule has 0 amide bonds. The Morgan fingerprint density at radius 1 is 1.41 bits per heavy atom. The Bertz CT molecular complexity index is 1110. The van der Waals surface area contributed by atoms with Gasteiger partial charge in [0.25, 0.3) is 0 Å². The van der Waals surface area contributed by atoms with E-state index in [1.807, 2.05) is 6.07 Å². The second-order valence-corrected chi connectivity index (χ2v) is 6.05. The molecule has 11 heteroatoms. The summed E-state index contributed by atoms with van der Waals surface area (Å²) >= 11 is 0. The van der Waals surface area contributed by atoms with Crippen molar-refractivity contribution in [1.29, 1.82) is 10.5 Å². The van der Waals surface area contributed by atoms with Crippen molar-refractivity contribution in [3.8, 4) is 18.0 Å². The van der Waals surface area contributed by atoms with Gasteiger partial charge in [-0.1, -0.05) is 12.1 Å². The number of nitrogen functional groups attached to an aromatic ring is 2. The highest BCUT2D eigenvalue weighted by Gasteiger charge is 2.31. The number of nitrogens with zero attached hydrogens (tertiary/aromatic N) is 4. The number of hydrogen-bond acceptors (Lipinski definition) is 10.